The van der Waals surface area contributed by atoms with Gasteiger partial charge in [-0.2, -0.15) is 0 Å². The second-order valence-electron chi connectivity index (χ2n) is 3.91. The van der Waals surface area contributed by atoms with Crippen LogP contribution in [-0.2, 0) is 0 Å². The van der Waals surface area contributed by atoms with Crippen molar-refractivity contribution in [2.75, 3.05) is 0 Å². The van der Waals surface area contributed by atoms with Gasteiger partial charge in [0.25, 0.3) is 0 Å². The first-order valence-electron chi connectivity index (χ1n) is 5.05. The quantitative estimate of drug-likeness (QED) is 0.717. The van der Waals surface area contributed by atoms with E-state index in [1.54, 1.807) is 6.07 Å². The van der Waals surface area contributed by atoms with Crippen LogP contribution in [0.1, 0.15) is 26.4 Å². The van der Waals surface area contributed by atoms with E-state index in [0.29, 0.717) is 19.8 Å². The number of thiophene rings is 1. The van der Waals surface area contributed by atoms with Crippen LogP contribution in [0.3, 0.4) is 0 Å². The molecule has 0 unspecified atom stereocenters. The normalized spacial score (nSPS) is 10.6. The molecule has 2 aromatic rings. The Morgan fingerprint density at radius 3 is 2.35 bits per heavy atom. The lowest BCUT2D eigenvalue weighted by Crippen LogP contribution is -1.98. The summed E-state index contributed by atoms with van der Waals surface area (Å²) in [7, 11) is 0. The molecule has 1 heterocycles. The molecule has 0 amide bonds. The monoisotopic (exact) mass is 284 g/mol. The first-order chi connectivity index (χ1) is 7.97. The molecule has 0 saturated heterocycles. The molecule has 0 atom stereocenters. The molecule has 4 heteroatoms. The summed E-state index contributed by atoms with van der Waals surface area (Å²) in [5, 5.41) is 0.577. The molecule has 17 heavy (non-hydrogen) atoms. The van der Waals surface area contributed by atoms with Gasteiger partial charge in [-0.05, 0) is 49.2 Å². The van der Waals surface area contributed by atoms with Gasteiger partial charge in [0.2, 0.25) is 5.78 Å². The number of halogens is 2. The largest absolute Gasteiger partial charge is 0.288 e. The summed E-state index contributed by atoms with van der Waals surface area (Å²) in [6.07, 6.45) is 0. The smallest absolute Gasteiger partial charge is 0.203 e. The number of carbonyl (C=O) groups excluding carboxylic acids is 1. The molecule has 0 radical (unpaired) electrons. The van der Waals surface area contributed by atoms with E-state index in [0.717, 1.165) is 11.1 Å². The topological polar surface area (TPSA) is 17.1 Å². The average Bonchev–Trinajstić information content (AvgIpc) is 2.57. The predicted molar refractivity (Wildman–Crippen MR) is 73.7 cm³/mol. The molecule has 0 saturated carbocycles. The maximum absolute atomic E-state index is 12.2. The maximum atomic E-state index is 12.2. The highest BCUT2D eigenvalue weighted by Crippen LogP contribution is 2.29. The molecule has 0 aliphatic carbocycles. The Balaban J connectivity index is 2.43. The lowest BCUT2D eigenvalue weighted by molar-refractivity contribution is 0.104. The van der Waals surface area contributed by atoms with Crippen LogP contribution < -0.4 is 0 Å². The van der Waals surface area contributed by atoms with Crippen LogP contribution >= 0.6 is 34.5 Å². The number of hydrogen-bond acceptors (Lipinski definition) is 2. The molecule has 0 aliphatic heterocycles. The summed E-state index contributed by atoms with van der Waals surface area (Å²) in [5.74, 6) is -0.0319. The van der Waals surface area contributed by atoms with E-state index in [4.69, 9.17) is 23.2 Å². The lowest BCUT2D eigenvalue weighted by atomic mass is 10.1. The Kier molecular flexibility index (Phi) is 3.57. The number of benzene rings is 1. The molecule has 0 bridgehead atoms. The van der Waals surface area contributed by atoms with E-state index >= 15 is 0 Å². The maximum Gasteiger partial charge on any atom is 0.203 e. The molecule has 2 rings (SSSR count). The van der Waals surface area contributed by atoms with Crippen molar-refractivity contribution in [2.24, 2.45) is 0 Å². The highest BCUT2D eigenvalue weighted by molar-refractivity contribution is 7.18. The van der Waals surface area contributed by atoms with E-state index in [2.05, 4.69) is 0 Å². The van der Waals surface area contributed by atoms with Crippen molar-refractivity contribution in [1.29, 1.82) is 0 Å². The van der Waals surface area contributed by atoms with Crippen LogP contribution in [0.25, 0.3) is 0 Å². The third-order valence-corrected chi connectivity index (χ3v) is 4.16. The fourth-order valence-electron chi connectivity index (χ4n) is 1.58. The summed E-state index contributed by atoms with van der Waals surface area (Å²) in [6.45, 7) is 3.80. The summed E-state index contributed by atoms with van der Waals surface area (Å²) >= 11 is 13.2. The predicted octanol–water partition coefficient (Wildman–Crippen LogP) is 4.90. The van der Waals surface area contributed by atoms with E-state index in [-0.39, 0.29) is 5.78 Å². The minimum atomic E-state index is -0.0319. The Hall–Kier alpha value is -0.830. The Labute approximate surface area is 114 Å². The Bertz CT molecular complexity index is 547. The molecular formula is C13H10Cl2OS. The van der Waals surface area contributed by atoms with Crippen molar-refractivity contribution in [3.8, 4) is 0 Å². The van der Waals surface area contributed by atoms with Crippen molar-refractivity contribution in [3.63, 3.8) is 0 Å². The minimum absolute atomic E-state index is 0.0319. The first kappa shape index (κ1) is 12.6. The van der Waals surface area contributed by atoms with Crippen molar-refractivity contribution in [1.82, 2.24) is 0 Å². The van der Waals surface area contributed by atoms with Crippen molar-refractivity contribution < 1.29 is 4.79 Å². The number of hydrogen-bond donors (Lipinski definition) is 0. The van der Waals surface area contributed by atoms with Gasteiger partial charge in [-0.3, -0.25) is 4.79 Å². The highest BCUT2D eigenvalue weighted by Gasteiger charge is 2.14. The van der Waals surface area contributed by atoms with Gasteiger partial charge in [-0.1, -0.05) is 23.2 Å². The number of ketones is 1. The standard InChI is InChI=1S/C13H10Cl2OS/c1-7-3-9(6-10(14)4-7)12(16)11-5-8(2)13(15)17-11/h3-6H,1-2H3. The van der Waals surface area contributed by atoms with Crippen molar-refractivity contribution in [2.45, 2.75) is 13.8 Å². The Morgan fingerprint density at radius 2 is 1.82 bits per heavy atom. The van der Waals surface area contributed by atoms with Crippen LogP contribution in [0, 0.1) is 13.8 Å². The average molecular weight is 285 g/mol. The van der Waals surface area contributed by atoms with Crippen LogP contribution in [-0.4, -0.2) is 5.78 Å². The van der Waals surface area contributed by atoms with Crippen LogP contribution in [0.4, 0.5) is 0 Å². The molecule has 88 valence electrons. The van der Waals surface area contributed by atoms with Crippen molar-refractivity contribution in [3.05, 3.63) is 55.2 Å². The highest BCUT2D eigenvalue weighted by atomic mass is 35.5. The van der Waals surface area contributed by atoms with E-state index in [1.165, 1.54) is 11.3 Å². The van der Waals surface area contributed by atoms with Crippen molar-refractivity contribution >= 4 is 40.3 Å². The zero-order valence-corrected chi connectivity index (χ0v) is 11.7. The van der Waals surface area contributed by atoms with Gasteiger partial charge in [0.1, 0.15) is 0 Å². The molecule has 1 aromatic heterocycles. The third kappa shape index (κ3) is 2.71. The van der Waals surface area contributed by atoms with Gasteiger partial charge in [-0.25, -0.2) is 0 Å². The molecule has 1 nitrogen and oxygen atoms in total. The molecule has 0 fully saturated rings. The fourth-order valence-corrected chi connectivity index (χ4v) is 3.03. The minimum Gasteiger partial charge on any atom is -0.288 e. The first-order valence-corrected chi connectivity index (χ1v) is 6.62. The summed E-state index contributed by atoms with van der Waals surface area (Å²) < 4.78 is 0.659. The summed E-state index contributed by atoms with van der Waals surface area (Å²) in [5.41, 5.74) is 2.51. The SMILES string of the molecule is Cc1cc(Cl)cc(C(=O)c2cc(C)c(Cl)s2)c1. The molecule has 0 N–H and O–H groups in total. The summed E-state index contributed by atoms with van der Waals surface area (Å²) in [6, 6.07) is 7.15. The van der Waals surface area contributed by atoms with Crippen LogP contribution in [0.5, 0.6) is 0 Å². The van der Waals surface area contributed by atoms with Crippen LogP contribution in [0.15, 0.2) is 24.3 Å². The summed E-state index contributed by atoms with van der Waals surface area (Å²) in [4.78, 5) is 12.9. The number of aryl methyl sites for hydroxylation is 2. The number of carbonyl (C=O) groups is 1. The Morgan fingerprint density at radius 1 is 1.12 bits per heavy atom. The second kappa shape index (κ2) is 4.81. The lowest BCUT2D eigenvalue weighted by Gasteiger charge is -2.01. The van der Waals surface area contributed by atoms with E-state index < -0.39 is 0 Å². The van der Waals surface area contributed by atoms with Gasteiger partial charge in [0.05, 0.1) is 9.21 Å². The molecule has 0 aliphatic rings. The number of rotatable bonds is 2. The zero-order chi connectivity index (χ0) is 12.6. The van der Waals surface area contributed by atoms with Crippen LogP contribution in [0.2, 0.25) is 9.36 Å². The van der Waals surface area contributed by atoms with E-state index in [9.17, 15) is 4.79 Å². The van der Waals surface area contributed by atoms with Gasteiger partial charge in [0.15, 0.2) is 0 Å². The second-order valence-corrected chi connectivity index (χ2v) is 6.00. The molecular weight excluding hydrogens is 275 g/mol. The fraction of sp³-hybridized carbons (Fsp3) is 0.154. The zero-order valence-electron chi connectivity index (χ0n) is 9.38. The third-order valence-electron chi connectivity index (χ3n) is 2.39. The van der Waals surface area contributed by atoms with Gasteiger partial charge in [-0.15, -0.1) is 11.3 Å². The molecule has 0 spiro atoms. The van der Waals surface area contributed by atoms with Gasteiger partial charge in [0, 0.05) is 10.6 Å². The molecule has 1 aromatic carbocycles. The van der Waals surface area contributed by atoms with Gasteiger partial charge >= 0.3 is 0 Å². The van der Waals surface area contributed by atoms with E-state index in [1.807, 2.05) is 32.0 Å². The van der Waals surface area contributed by atoms with Gasteiger partial charge < -0.3 is 0 Å².